The standard InChI is InChI=1S/C26H30FN7O/c1-17(2)15-32-9-10-33(26(35)23-14-28-31(4)30-23)16-25(32)22-12-19-13-29-34(24(19)11-18(22)3)21-7-5-20(27)6-8-21/h5-8,11-14,17,25H,9-10,15-16H2,1-4H3. The molecule has 0 saturated carbocycles. The minimum absolute atomic E-state index is 0.0605. The van der Waals surface area contributed by atoms with E-state index < -0.39 is 0 Å². The third-order valence-corrected chi connectivity index (χ3v) is 6.58. The smallest absolute Gasteiger partial charge is 0.276 e. The lowest BCUT2D eigenvalue weighted by atomic mass is 9.95. The molecule has 0 aliphatic carbocycles. The van der Waals surface area contributed by atoms with Gasteiger partial charge in [-0.05, 0) is 60.4 Å². The Labute approximate surface area is 203 Å². The Morgan fingerprint density at radius 1 is 1.11 bits per heavy atom. The number of piperazine rings is 1. The van der Waals surface area contributed by atoms with E-state index in [1.165, 1.54) is 28.7 Å². The van der Waals surface area contributed by atoms with Gasteiger partial charge in [-0.1, -0.05) is 13.8 Å². The van der Waals surface area contributed by atoms with Gasteiger partial charge in [-0.25, -0.2) is 9.07 Å². The lowest BCUT2D eigenvalue weighted by molar-refractivity contribution is 0.0439. The Hall–Kier alpha value is -3.59. The molecule has 9 heteroatoms. The minimum atomic E-state index is -0.271. The minimum Gasteiger partial charge on any atom is -0.334 e. The van der Waals surface area contributed by atoms with Crippen LogP contribution in [0.5, 0.6) is 0 Å². The summed E-state index contributed by atoms with van der Waals surface area (Å²) in [5.41, 5.74) is 4.48. The van der Waals surface area contributed by atoms with Gasteiger partial charge in [-0.15, -0.1) is 5.10 Å². The van der Waals surface area contributed by atoms with Gasteiger partial charge < -0.3 is 4.90 Å². The highest BCUT2D eigenvalue weighted by Gasteiger charge is 2.33. The molecule has 182 valence electrons. The molecule has 35 heavy (non-hydrogen) atoms. The average molecular weight is 476 g/mol. The van der Waals surface area contributed by atoms with Crippen LogP contribution in [0.25, 0.3) is 16.6 Å². The molecule has 1 amide bonds. The molecule has 0 N–H and O–H groups in total. The lowest BCUT2D eigenvalue weighted by Crippen LogP contribution is -2.51. The fourth-order valence-electron chi connectivity index (χ4n) is 4.94. The number of benzene rings is 2. The fourth-order valence-corrected chi connectivity index (χ4v) is 4.94. The molecule has 0 spiro atoms. The molecular weight excluding hydrogens is 445 g/mol. The van der Waals surface area contributed by atoms with Gasteiger partial charge in [0.05, 0.1) is 29.6 Å². The highest BCUT2D eigenvalue weighted by molar-refractivity contribution is 5.92. The van der Waals surface area contributed by atoms with Gasteiger partial charge in [0.2, 0.25) is 0 Å². The number of rotatable bonds is 5. The maximum atomic E-state index is 13.4. The molecule has 3 heterocycles. The zero-order chi connectivity index (χ0) is 24.7. The van der Waals surface area contributed by atoms with Crippen molar-refractivity contribution in [1.82, 2.24) is 34.6 Å². The molecule has 1 fully saturated rings. The molecule has 4 aromatic rings. The molecule has 2 aromatic heterocycles. The van der Waals surface area contributed by atoms with Crippen LogP contribution in [0.3, 0.4) is 0 Å². The van der Waals surface area contributed by atoms with Crippen LogP contribution in [-0.4, -0.2) is 66.7 Å². The largest absolute Gasteiger partial charge is 0.334 e. The van der Waals surface area contributed by atoms with Crippen LogP contribution in [0.4, 0.5) is 4.39 Å². The van der Waals surface area contributed by atoms with Crippen LogP contribution in [0.2, 0.25) is 0 Å². The zero-order valence-electron chi connectivity index (χ0n) is 20.5. The van der Waals surface area contributed by atoms with E-state index in [0.717, 1.165) is 35.2 Å². The van der Waals surface area contributed by atoms with E-state index in [9.17, 15) is 9.18 Å². The van der Waals surface area contributed by atoms with Gasteiger partial charge in [0.1, 0.15) is 5.82 Å². The Morgan fingerprint density at radius 3 is 2.57 bits per heavy atom. The van der Waals surface area contributed by atoms with Crippen LogP contribution in [0.1, 0.15) is 41.5 Å². The monoisotopic (exact) mass is 475 g/mol. The van der Waals surface area contributed by atoms with Crippen molar-refractivity contribution in [1.29, 1.82) is 0 Å². The molecule has 1 unspecified atom stereocenters. The zero-order valence-corrected chi connectivity index (χ0v) is 20.5. The summed E-state index contributed by atoms with van der Waals surface area (Å²) in [6.07, 6.45) is 3.37. The molecule has 1 saturated heterocycles. The van der Waals surface area contributed by atoms with E-state index >= 15 is 0 Å². The number of hydrogen-bond donors (Lipinski definition) is 0. The first-order valence-corrected chi connectivity index (χ1v) is 11.9. The number of aromatic nitrogens is 5. The second kappa shape index (κ2) is 9.22. The van der Waals surface area contributed by atoms with Gasteiger partial charge in [-0.2, -0.15) is 15.0 Å². The number of carbonyl (C=O) groups excluding carboxylic acids is 1. The fraction of sp³-hybridized carbons (Fsp3) is 0.385. The third-order valence-electron chi connectivity index (χ3n) is 6.58. The number of fused-ring (bicyclic) bond motifs is 1. The van der Waals surface area contributed by atoms with E-state index in [0.29, 0.717) is 24.7 Å². The summed E-state index contributed by atoms with van der Waals surface area (Å²) < 4.78 is 15.3. The van der Waals surface area contributed by atoms with Crippen molar-refractivity contribution < 1.29 is 9.18 Å². The van der Waals surface area contributed by atoms with Crippen LogP contribution >= 0.6 is 0 Å². The molecular formula is C26H30FN7O. The Morgan fingerprint density at radius 2 is 1.89 bits per heavy atom. The predicted octanol–water partition coefficient (Wildman–Crippen LogP) is 3.76. The Bertz CT molecular complexity index is 1360. The SMILES string of the molecule is Cc1cc2c(cnn2-c2ccc(F)cc2)cc1C1CN(C(=O)c2cnn(C)n2)CCN1CC(C)C. The number of nitrogens with zero attached hydrogens (tertiary/aromatic N) is 7. The summed E-state index contributed by atoms with van der Waals surface area (Å²) in [5.74, 6) is 0.145. The maximum absolute atomic E-state index is 13.4. The van der Waals surface area contributed by atoms with Gasteiger partial charge in [0, 0.05) is 38.6 Å². The number of halogens is 1. The topological polar surface area (TPSA) is 72.1 Å². The third kappa shape index (κ3) is 4.55. The second-order valence-electron chi connectivity index (χ2n) is 9.68. The van der Waals surface area contributed by atoms with E-state index in [1.54, 1.807) is 19.2 Å². The Balaban J connectivity index is 1.50. The molecule has 1 aliphatic rings. The van der Waals surface area contributed by atoms with Crippen LogP contribution in [0, 0.1) is 18.7 Å². The van der Waals surface area contributed by atoms with Gasteiger partial charge in [0.15, 0.2) is 5.69 Å². The molecule has 1 aliphatic heterocycles. The quantitative estimate of drug-likeness (QED) is 0.440. The Kier molecular flexibility index (Phi) is 6.10. The highest BCUT2D eigenvalue weighted by atomic mass is 19.1. The van der Waals surface area contributed by atoms with Crippen LogP contribution in [-0.2, 0) is 7.05 Å². The number of carbonyl (C=O) groups is 1. The van der Waals surface area contributed by atoms with Crippen molar-refractivity contribution >= 4 is 16.8 Å². The molecule has 2 aromatic carbocycles. The number of aryl methyl sites for hydroxylation is 2. The average Bonchev–Trinajstić information content (AvgIpc) is 3.44. The molecule has 1 atom stereocenters. The summed E-state index contributed by atoms with van der Waals surface area (Å²) in [7, 11) is 1.71. The first-order valence-electron chi connectivity index (χ1n) is 11.9. The summed E-state index contributed by atoms with van der Waals surface area (Å²) in [5, 5.41) is 13.9. The van der Waals surface area contributed by atoms with Crippen molar-refractivity contribution in [2.75, 3.05) is 26.2 Å². The van der Waals surface area contributed by atoms with Crippen molar-refractivity contribution in [3.8, 4) is 5.69 Å². The van der Waals surface area contributed by atoms with E-state index in [4.69, 9.17) is 0 Å². The first kappa shape index (κ1) is 23.2. The van der Waals surface area contributed by atoms with Crippen LogP contribution in [0.15, 0.2) is 48.8 Å². The number of hydrogen-bond acceptors (Lipinski definition) is 5. The van der Waals surface area contributed by atoms with E-state index in [1.807, 2.05) is 15.8 Å². The second-order valence-corrected chi connectivity index (χ2v) is 9.68. The van der Waals surface area contributed by atoms with E-state index in [2.05, 4.69) is 53.1 Å². The normalized spacial score (nSPS) is 17.0. The molecule has 5 rings (SSSR count). The lowest BCUT2D eigenvalue weighted by Gasteiger charge is -2.42. The van der Waals surface area contributed by atoms with Crippen molar-refractivity contribution in [3.05, 3.63) is 71.4 Å². The predicted molar refractivity (Wildman–Crippen MR) is 132 cm³/mol. The van der Waals surface area contributed by atoms with Gasteiger partial charge in [-0.3, -0.25) is 9.69 Å². The van der Waals surface area contributed by atoms with Gasteiger partial charge >= 0.3 is 0 Å². The van der Waals surface area contributed by atoms with Crippen molar-refractivity contribution in [2.24, 2.45) is 13.0 Å². The van der Waals surface area contributed by atoms with E-state index in [-0.39, 0.29) is 17.8 Å². The first-order chi connectivity index (χ1) is 16.8. The molecule has 8 nitrogen and oxygen atoms in total. The molecule has 0 bridgehead atoms. The summed E-state index contributed by atoms with van der Waals surface area (Å²) >= 11 is 0. The maximum Gasteiger partial charge on any atom is 0.276 e. The van der Waals surface area contributed by atoms with Gasteiger partial charge in [0.25, 0.3) is 5.91 Å². The van der Waals surface area contributed by atoms with Crippen molar-refractivity contribution in [3.63, 3.8) is 0 Å². The van der Waals surface area contributed by atoms with Crippen LogP contribution < -0.4 is 0 Å². The molecule has 0 radical (unpaired) electrons. The summed E-state index contributed by atoms with van der Waals surface area (Å²) in [4.78, 5) is 18.9. The van der Waals surface area contributed by atoms with Crippen molar-refractivity contribution in [2.45, 2.75) is 26.8 Å². The summed E-state index contributed by atoms with van der Waals surface area (Å²) in [6, 6.07) is 10.7. The summed E-state index contributed by atoms with van der Waals surface area (Å²) in [6.45, 7) is 9.52. The highest BCUT2D eigenvalue weighted by Crippen LogP contribution is 2.32. The number of amides is 1.